The molecule has 1 aromatic heterocycles. The van der Waals surface area contributed by atoms with E-state index in [1.54, 1.807) is 5.38 Å². The van der Waals surface area contributed by atoms with Gasteiger partial charge in [0.2, 0.25) is 0 Å². The Balaban J connectivity index is 2.33. The summed E-state index contributed by atoms with van der Waals surface area (Å²) in [6, 6.07) is 2.39. The molecule has 7 heteroatoms. The zero-order chi connectivity index (χ0) is 14.9. The van der Waals surface area contributed by atoms with Gasteiger partial charge >= 0.3 is 0 Å². The Kier molecular flexibility index (Phi) is 4.19. The molecule has 2 aromatic rings. The molecule has 1 aromatic carbocycles. The molecule has 0 N–H and O–H groups in total. The van der Waals surface area contributed by atoms with E-state index in [1.165, 1.54) is 11.3 Å². The van der Waals surface area contributed by atoms with Crippen LogP contribution in [0.5, 0.6) is 0 Å². The van der Waals surface area contributed by atoms with Gasteiger partial charge in [0, 0.05) is 11.3 Å². The second kappa shape index (κ2) is 5.57. The third kappa shape index (κ3) is 3.21. The first-order valence-corrected chi connectivity index (χ1v) is 8.45. The lowest BCUT2D eigenvalue weighted by Gasteiger charge is -2.04. The maximum atomic E-state index is 13.5. The van der Waals surface area contributed by atoms with Crippen LogP contribution >= 0.6 is 11.3 Å². The van der Waals surface area contributed by atoms with Crippen molar-refractivity contribution in [2.45, 2.75) is 30.4 Å². The summed E-state index contributed by atoms with van der Waals surface area (Å²) in [5, 5.41) is 2.44. The van der Waals surface area contributed by atoms with E-state index in [4.69, 9.17) is 0 Å². The minimum atomic E-state index is -3.95. The topological polar surface area (TPSA) is 47.0 Å². The van der Waals surface area contributed by atoms with Crippen molar-refractivity contribution in [2.75, 3.05) is 0 Å². The largest absolute Gasteiger partial charge is 0.245 e. The molecule has 0 saturated heterocycles. The van der Waals surface area contributed by atoms with Crippen LogP contribution in [0.3, 0.4) is 0 Å². The summed E-state index contributed by atoms with van der Waals surface area (Å²) in [5.74, 6) is -1.98. The molecule has 0 spiro atoms. The molecule has 3 nitrogen and oxygen atoms in total. The number of rotatable bonds is 4. The van der Waals surface area contributed by atoms with Crippen LogP contribution in [-0.2, 0) is 15.6 Å². The second-order valence-electron chi connectivity index (χ2n) is 4.67. The Morgan fingerprint density at radius 1 is 1.30 bits per heavy atom. The van der Waals surface area contributed by atoms with Crippen molar-refractivity contribution in [2.24, 2.45) is 0 Å². The van der Waals surface area contributed by atoms with Crippen LogP contribution in [0.25, 0.3) is 0 Å². The van der Waals surface area contributed by atoms with Crippen molar-refractivity contribution < 1.29 is 17.2 Å². The monoisotopic (exact) mass is 317 g/mol. The van der Waals surface area contributed by atoms with E-state index in [-0.39, 0.29) is 5.92 Å². The van der Waals surface area contributed by atoms with Crippen LogP contribution in [0, 0.1) is 11.6 Å². The molecule has 0 bridgehead atoms. The zero-order valence-electron chi connectivity index (χ0n) is 10.9. The van der Waals surface area contributed by atoms with Gasteiger partial charge in [0.15, 0.2) is 9.84 Å². The summed E-state index contributed by atoms with van der Waals surface area (Å²) in [5.41, 5.74) is 0.349. The molecule has 0 radical (unpaired) electrons. The van der Waals surface area contributed by atoms with Crippen molar-refractivity contribution in [3.05, 3.63) is 45.9 Å². The van der Waals surface area contributed by atoms with E-state index in [9.17, 15) is 17.2 Å². The Morgan fingerprint density at radius 3 is 2.60 bits per heavy atom. The highest BCUT2D eigenvalue weighted by Crippen LogP contribution is 2.24. The summed E-state index contributed by atoms with van der Waals surface area (Å²) >= 11 is 1.36. The lowest BCUT2D eigenvalue weighted by molar-refractivity contribution is 0.552. The van der Waals surface area contributed by atoms with Gasteiger partial charge in [-0.15, -0.1) is 11.3 Å². The predicted molar refractivity (Wildman–Crippen MR) is 73.5 cm³/mol. The van der Waals surface area contributed by atoms with Gasteiger partial charge in [-0.2, -0.15) is 0 Å². The Labute approximate surface area is 120 Å². The highest BCUT2D eigenvalue weighted by Gasteiger charge is 2.22. The average molecular weight is 317 g/mol. The third-order valence-electron chi connectivity index (χ3n) is 2.63. The minimum absolute atomic E-state index is 0.197. The molecule has 0 fully saturated rings. The highest BCUT2D eigenvalue weighted by molar-refractivity contribution is 7.90. The van der Waals surface area contributed by atoms with Crippen molar-refractivity contribution in [1.29, 1.82) is 0 Å². The summed E-state index contributed by atoms with van der Waals surface area (Å²) in [6.07, 6.45) is 0. The molecule has 20 heavy (non-hydrogen) atoms. The van der Waals surface area contributed by atoms with E-state index in [2.05, 4.69) is 4.98 Å². The van der Waals surface area contributed by atoms with Gasteiger partial charge in [-0.25, -0.2) is 22.2 Å². The van der Waals surface area contributed by atoms with Crippen molar-refractivity contribution >= 4 is 21.2 Å². The predicted octanol–water partition coefficient (Wildman–Crippen LogP) is 3.52. The van der Waals surface area contributed by atoms with Crippen LogP contribution in [0.4, 0.5) is 8.78 Å². The number of hydrogen-bond acceptors (Lipinski definition) is 4. The summed E-state index contributed by atoms with van der Waals surface area (Å²) in [4.78, 5) is 3.57. The third-order valence-corrected chi connectivity index (χ3v) is 5.48. The van der Waals surface area contributed by atoms with Gasteiger partial charge in [0.05, 0.1) is 16.5 Å². The van der Waals surface area contributed by atoms with Crippen LogP contribution < -0.4 is 0 Å². The minimum Gasteiger partial charge on any atom is -0.245 e. The molecule has 1 heterocycles. The lowest BCUT2D eigenvalue weighted by Crippen LogP contribution is -2.08. The Bertz CT molecular complexity index is 724. The van der Waals surface area contributed by atoms with Gasteiger partial charge in [-0.3, -0.25) is 0 Å². The molecule has 0 aliphatic carbocycles. The first kappa shape index (κ1) is 15.1. The highest BCUT2D eigenvalue weighted by atomic mass is 32.2. The number of hydrogen-bond donors (Lipinski definition) is 0. The second-order valence-corrected chi connectivity index (χ2v) is 7.51. The number of benzene rings is 1. The fourth-order valence-electron chi connectivity index (χ4n) is 1.64. The van der Waals surface area contributed by atoms with Crippen molar-refractivity contribution in [3.8, 4) is 0 Å². The van der Waals surface area contributed by atoms with Gasteiger partial charge in [-0.05, 0) is 18.2 Å². The van der Waals surface area contributed by atoms with E-state index >= 15 is 0 Å². The molecule has 0 aliphatic rings. The maximum absolute atomic E-state index is 13.5. The van der Waals surface area contributed by atoms with Gasteiger partial charge < -0.3 is 0 Å². The van der Waals surface area contributed by atoms with Crippen molar-refractivity contribution in [3.63, 3.8) is 0 Å². The van der Waals surface area contributed by atoms with Gasteiger partial charge in [0.25, 0.3) is 0 Å². The molecular formula is C13H13F2NO2S2. The maximum Gasteiger partial charge on any atom is 0.187 e. The van der Waals surface area contributed by atoms with E-state index < -0.39 is 32.1 Å². The summed E-state index contributed by atoms with van der Waals surface area (Å²) < 4.78 is 50.8. The fourth-order valence-corrected chi connectivity index (χ4v) is 3.93. The summed E-state index contributed by atoms with van der Waals surface area (Å²) in [7, 11) is -3.95. The molecule has 0 unspecified atom stereocenters. The zero-order valence-corrected chi connectivity index (χ0v) is 12.6. The van der Waals surface area contributed by atoms with Gasteiger partial charge in [-0.1, -0.05) is 13.8 Å². The number of halogens is 2. The average Bonchev–Trinajstić information content (AvgIpc) is 2.80. The molecule has 0 amide bonds. The molecular weight excluding hydrogens is 304 g/mol. The lowest BCUT2D eigenvalue weighted by atomic mass is 10.2. The Hall–Kier alpha value is -1.34. The number of aromatic nitrogens is 1. The molecule has 108 valence electrons. The van der Waals surface area contributed by atoms with E-state index in [1.807, 2.05) is 13.8 Å². The molecule has 0 atom stereocenters. The fraction of sp³-hybridized carbons (Fsp3) is 0.308. The summed E-state index contributed by atoms with van der Waals surface area (Å²) in [6.45, 7) is 3.90. The van der Waals surface area contributed by atoms with E-state index in [0.29, 0.717) is 11.8 Å². The van der Waals surface area contributed by atoms with Crippen LogP contribution in [-0.4, -0.2) is 13.4 Å². The Morgan fingerprint density at radius 2 is 2.00 bits per heavy atom. The number of thiazole rings is 1. The number of nitrogens with zero attached hydrogens (tertiary/aromatic N) is 1. The molecule has 2 rings (SSSR count). The van der Waals surface area contributed by atoms with Crippen LogP contribution in [0.1, 0.15) is 30.5 Å². The quantitative estimate of drug-likeness (QED) is 0.867. The van der Waals surface area contributed by atoms with Crippen LogP contribution in [0.2, 0.25) is 0 Å². The first-order valence-electron chi connectivity index (χ1n) is 5.91. The van der Waals surface area contributed by atoms with Crippen molar-refractivity contribution in [1.82, 2.24) is 4.98 Å². The van der Waals surface area contributed by atoms with Crippen LogP contribution in [0.15, 0.2) is 28.5 Å². The molecule has 0 saturated carbocycles. The normalized spacial score (nSPS) is 12.1. The van der Waals surface area contributed by atoms with E-state index in [0.717, 1.165) is 17.1 Å². The standard InChI is InChI=1S/C13H13F2NO2S2/c1-8(2)13-16-10(6-19-13)7-20(17,18)12-5-9(14)3-4-11(12)15/h3-6,8H,7H2,1-2H3. The smallest absolute Gasteiger partial charge is 0.187 e. The molecule has 0 aliphatic heterocycles. The number of sulfone groups is 1. The van der Waals surface area contributed by atoms with Gasteiger partial charge in [0.1, 0.15) is 16.5 Å². The SMILES string of the molecule is CC(C)c1nc(CS(=O)(=O)c2cc(F)ccc2F)cs1. The first-order chi connectivity index (χ1) is 9.29.